The van der Waals surface area contributed by atoms with Crippen molar-refractivity contribution in [3.63, 3.8) is 0 Å². The van der Waals surface area contributed by atoms with Crippen LogP contribution < -0.4 is 5.73 Å². The predicted molar refractivity (Wildman–Crippen MR) is 45.5 cm³/mol. The molecule has 0 fully saturated rings. The fourth-order valence-corrected chi connectivity index (χ4v) is 1.12. The number of nitrogens with two attached hydrogens (primary N) is 1. The van der Waals surface area contributed by atoms with Gasteiger partial charge in [0.2, 0.25) is 5.91 Å². The molecule has 1 rings (SSSR count). The van der Waals surface area contributed by atoms with E-state index in [1.165, 1.54) is 0 Å². The summed E-state index contributed by atoms with van der Waals surface area (Å²) in [4.78, 5) is 10.5. The van der Waals surface area contributed by atoms with E-state index >= 15 is 0 Å². The maximum atomic E-state index is 10.5. The Labute approximate surface area is 71.4 Å². The minimum atomic E-state index is -0.289. The summed E-state index contributed by atoms with van der Waals surface area (Å²) in [5.74, 6) is -0.289. The number of aryl methyl sites for hydroxylation is 3. The van der Waals surface area contributed by atoms with Crippen LogP contribution in [0, 0.1) is 13.8 Å². The van der Waals surface area contributed by atoms with Crippen molar-refractivity contribution in [3.05, 3.63) is 17.5 Å². The summed E-state index contributed by atoms with van der Waals surface area (Å²) in [6.07, 6.45) is 0.349. The molecule has 0 aliphatic rings. The summed E-state index contributed by atoms with van der Waals surface area (Å²) >= 11 is 0. The first-order valence-electron chi connectivity index (χ1n) is 3.89. The molecule has 4 nitrogen and oxygen atoms in total. The number of primary amides is 1. The summed E-state index contributed by atoms with van der Waals surface area (Å²) in [5.41, 5.74) is 7.05. The maximum absolute atomic E-state index is 10.5. The van der Waals surface area contributed by atoms with Crippen molar-refractivity contribution < 1.29 is 4.79 Å². The Morgan fingerprint density at radius 1 is 1.67 bits per heavy atom. The zero-order chi connectivity index (χ0) is 9.14. The van der Waals surface area contributed by atoms with Gasteiger partial charge in [0.05, 0.1) is 5.69 Å². The quantitative estimate of drug-likeness (QED) is 0.707. The molecule has 4 heteroatoms. The van der Waals surface area contributed by atoms with Crippen molar-refractivity contribution in [1.29, 1.82) is 0 Å². The average Bonchev–Trinajstić information content (AvgIpc) is 2.26. The highest BCUT2D eigenvalue weighted by Gasteiger charge is 2.01. The van der Waals surface area contributed by atoms with E-state index in [-0.39, 0.29) is 5.91 Å². The molecular formula is C8H13N3O. The van der Waals surface area contributed by atoms with Gasteiger partial charge in [0, 0.05) is 18.7 Å². The third-order valence-electron chi connectivity index (χ3n) is 1.67. The summed E-state index contributed by atoms with van der Waals surface area (Å²) in [6, 6.07) is 1.97. The maximum Gasteiger partial charge on any atom is 0.219 e. The first-order valence-corrected chi connectivity index (χ1v) is 3.89. The van der Waals surface area contributed by atoms with Crippen molar-refractivity contribution in [2.75, 3.05) is 0 Å². The van der Waals surface area contributed by atoms with Gasteiger partial charge in [-0.1, -0.05) is 0 Å². The molecule has 0 atom stereocenters. The van der Waals surface area contributed by atoms with E-state index in [0.717, 1.165) is 11.4 Å². The van der Waals surface area contributed by atoms with Crippen molar-refractivity contribution >= 4 is 5.91 Å². The summed E-state index contributed by atoms with van der Waals surface area (Å²) in [5, 5.41) is 4.19. The lowest BCUT2D eigenvalue weighted by atomic mass is 10.4. The van der Waals surface area contributed by atoms with E-state index in [1.54, 1.807) is 4.68 Å². The Morgan fingerprint density at radius 3 is 2.75 bits per heavy atom. The van der Waals surface area contributed by atoms with Gasteiger partial charge < -0.3 is 5.73 Å². The third kappa shape index (κ3) is 2.08. The second-order valence-corrected chi connectivity index (χ2v) is 2.87. The van der Waals surface area contributed by atoms with Crippen LogP contribution in [0.25, 0.3) is 0 Å². The molecule has 0 aliphatic heterocycles. The van der Waals surface area contributed by atoms with Crippen LogP contribution in [-0.2, 0) is 11.3 Å². The van der Waals surface area contributed by atoms with Gasteiger partial charge in [-0.3, -0.25) is 9.48 Å². The average molecular weight is 167 g/mol. The lowest BCUT2D eigenvalue weighted by Gasteiger charge is -2.00. The minimum absolute atomic E-state index is 0.289. The standard InChI is InChI=1S/C8H13N3O/c1-6-5-7(2)11(10-6)4-3-8(9)12/h5H,3-4H2,1-2H3,(H2,9,12). The molecule has 0 unspecified atom stereocenters. The Morgan fingerprint density at radius 2 is 2.33 bits per heavy atom. The summed E-state index contributed by atoms with van der Waals surface area (Å²) in [6.45, 7) is 4.46. The second kappa shape index (κ2) is 3.38. The van der Waals surface area contributed by atoms with Gasteiger partial charge in [0.1, 0.15) is 0 Å². The van der Waals surface area contributed by atoms with Gasteiger partial charge >= 0.3 is 0 Å². The molecule has 12 heavy (non-hydrogen) atoms. The molecule has 0 aliphatic carbocycles. The van der Waals surface area contributed by atoms with Gasteiger partial charge in [0.15, 0.2) is 0 Å². The Balaban J connectivity index is 2.62. The molecule has 0 saturated heterocycles. The van der Waals surface area contributed by atoms with Crippen LogP contribution >= 0.6 is 0 Å². The zero-order valence-electron chi connectivity index (χ0n) is 7.37. The van der Waals surface area contributed by atoms with E-state index in [0.29, 0.717) is 13.0 Å². The smallest absolute Gasteiger partial charge is 0.219 e. The van der Waals surface area contributed by atoms with Crippen molar-refractivity contribution in [3.8, 4) is 0 Å². The highest BCUT2D eigenvalue weighted by atomic mass is 16.1. The van der Waals surface area contributed by atoms with Crippen molar-refractivity contribution in [2.24, 2.45) is 5.73 Å². The molecule has 66 valence electrons. The molecule has 2 N–H and O–H groups in total. The van der Waals surface area contributed by atoms with Gasteiger partial charge in [-0.15, -0.1) is 0 Å². The topological polar surface area (TPSA) is 60.9 Å². The van der Waals surface area contributed by atoms with Crippen LogP contribution in [0.5, 0.6) is 0 Å². The van der Waals surface area contributed by atoms with Crippen LogP contribution in [-0.4, -0.2) is 15.7 Å². The molecule has 1 aromatic heterocycles. The van der Waals surface area contributed by atoms with Crippen LogP contribution in [0.4, 0.5) is 0 Å². The van der Waals surface area contributed by atoms with E-state index < -0.39 is 0 Å². The third-order valence-corrected chi connectivity index (χ3v) is 1.67. The van der Waals surface area contributed by atoms with Gasteiger partial charge in [-0.05, 0) is 19.9 Å². The van der Waals surface area contributed by atoms with Gasteiger partial charge in [-0.2, -0.15) is 5.10 Å². The number of hydrogen-bond acceptors (Lipinski definition) is 2. The summed E-state index contributed by atoms with van der Waals surface area (Å²) in [7, 11) is 0. The van der Waals surface area contributed by atoms with Crippen molar-refractivity contribution in [2.45, 2.75) is 26.8 Å². The van der Waals surface area contributed by atoms with E-state index in [4.69, 9.17) is 5.73 Å². The van der Waals surface area contributed by atoms with Crippen LogP contribution in [0.3, 0.4) is 0 Å². The number of hydrogen-bond donors (Lipinski definition) is 1. The Bertz CT molecular complexity index is 290. The molecule has 0 bridgehead atoms. The van der Waals surface area contributed by atoms with Crippen LogP contribution in [0.15, 0.2) is 6.07 Å². The fourth-order valence-electron chi connectivity index (χ4n) is 1.12. The van der Waals surface area contributed by atoms with E-state index in [1.807, 2.05) is 19.9 Å². The van der Waals surface area contributed by atoms with E-state index in [2.05, 4.69) is 5.10 Å². The molecule has 1 amide bonds. The molecule has 0 spiro atoms. The van der Waals surface area contributed by atoms with Gasteiger partial charge in [-0.25, -0.2) is 0 Å². The molecular weight excluding hydrogens is 154 g/mol. The number of nitrogens with zero attached hydrogens (tertiary/aromatic N) is 2. The second-order valence-electron chi connectivity index (χ2n) is 2.87. The highest BCUT2D eigenvalue weighted by Crippen LogP contribution is 2.01. The molecule has 0 aromatic carbocycles. The molecule has 1 heterocycles. The predicted octanol–water partition coefficient (Wildman–Crippen LogP) is 0.375. The number of carbonyl (C=O) groups excluding carboxylic acids is 1. The zero-order valence-corrected chi connectivity index (χ0v) is 7.37. The van der Waals surface area contributed by atoms with Crippen LogP contribution in [0.2, 0.25) is 0 Å². The number of carbonyl (C=O) groups is 1. The fraction of sp³-hybridized carbons (Fsp3) is 0.500. The first-order chi connectivity index (χ1) is 5.59. The molecule has 0 radical (unpaired) electrons. The first kappa shape index (κ1) is 8.77. The lowest BCUT2D eigenvalue weighted by Crippen LogP contribution is -2.15. The van der Waals surface area contributed by atoms with Crippen molar-refractivity contribution in [1.82, 2.24) is 9.78 Å². The number of aromatic nitrogens is 2. The van der Waals surface area contributed by atoms with Crippen LogP contribution in [0.1, 0.15) is 17.8 Å². The molecule has 0 saturated carbocycles. The van der Waals surface area contributed by atoms with Gasteiger partial charge in [0.25, 0.3) is 0 Å². The normalized spacial score (nSPS) is 10.2. The van der Waals surface area contributed by atoms with E-state index in [9.17, 15) is 4.79 Å². The lowest BCUT2D eigenvalue weighted by molar-refractivity contribution is -0.118. The Hall–Kier alpha value is -1.32. The SMILES string of the molecule is Cc1cc(C)n(CCC(N)=O)n1. The molecule has 1 aromatic rings. The summed E-state index contributed by atoms with van der Waals surface area (Å²) < 4.78 is 1.79. The minimum Gasteiger partial charge on any atom is -0.370 e. The largest absolute Gasteiger partial charge is 0.370 e. The monoisotopic (exact) mass is 167 g/mol. The Kier molecular flexibility index (Phi) is 2.47. The number of amides is 1. The highest BCUT2D eigenvalue weighted by molar-refractivity contribution is 5.73. The number of rotatable bonds is 3.